The summed E-state index contributed by atoms with van der Waals surface area (Å²) in [5.74, 6) is 0.0483. The fourth-order valence-electron chi connectivity index (χ4n) is 3.96. The van der Waals surface area contributed by atoms with Gasteiger partial charge in [0.15, 0.2) is 5.43 Å². The fourth-order valence-corrected chi connectivity index (χ4v) is 3.96. The maximum absolute atomic E-state index is 13.5. The van der Waals surface area contributed by atoms with Gasteiger partial charge in [-0.3, -0.25) is 9.59 Å². The van der Waals surface area contributed by atoms with Crippen LogP contribution in [0.25, 0.3) is 21.8 Å². The van der Waals surface area contributed by atoms with Crippen molar-refractivity contribution in [3.05, 3.63) is 94.6 Å². The smallest absolute Gasteiger partial charge is 0.243 e. The van der Waals surface area contributed by atoms with Gasteiger partial charge in [-0.15, -0.1) is 0 Å². The Bertz CT molecular complexity index is 1180. The van der Waals surface area contributed by atoms with Crippen LogP contribution in [-0.2, 0) is 17.9 Å². The fraction of sp³-hybridized carbons (Fsp3) is 0.231. The number of carbonyl (C=O) groups is 1. The summed E-state index contributed by atoms with van der Waals surface area (Å²) >= 11 is 0. The van der Waals surface area contributed by atoms with Crippen LogP contribution in [0.2, 0.25) is 0 Å². The number of para-hydroxylation sites is 2. The van der Waals surface area contributed by atoms with E-state index < -0.39 is 0 Å². The summed E-state index contributed by atoms with van der Waals surface area (Å²) < 4.78 is 1.98. The molecule has 0 aliphatic heterocycles. The van der Waals surface area contributed by atoms with E-state index in [2.05, 4.69) is 13.8 Å². The van der Waals surface area contributed by atoms with Gasteiger partial charge in [-0.1, -0.05) is 61.5 Å². The summed E-state index contributed by atoms with van der Waals surface area (Å²) in [6.07, 6.45) is 0.879. The zero-order valence-corrected chi connectivity index (χ0v) is 17.4. The Balaban J connectivity index is 1.79. The van der Waals surface area contributed by atoms with Crippen molar-refractivity contribution in [2.75, 3.05) is 0 Å². The second-order valence-corrected chi connectivity index (χ2v) is 7.71. The second kappa shape index (κ2) is 8.54. The van der Waals surface area contributed by atoms with E-state index in [9.17, 15) is 9.59 Å². The van der Waals surface area contributed by atoms with Gasteiger partial charge in [-0.25, -0.2) is 0 Å². The monoisotopic (exact) mass is 398 g/mol. The van der Waals surface area contributed by atoms with Crippen molar-refractivity contribution in [2.45, 2.75) is 39.4 Å². The largest absolute Gasteiger partial charge is 0.334 e. The number of fused-ring (bicyclic) bond motifs is 2. The van der Waals surface area contributed by atoms with E-state index in [1.54, 1.807) is 0 Å². The number of amides is 1. The predicted molar refractivity (Wildman–Crippen MR) is 122 cm³/mol. The summed E-state index contributed by atoms with van der Waals surface area (Å²) in [7, 11) is 0. The van der Waals surface area contributed by atoms with Gasteiger partial charge in [0, 0.05) is 23.4 Å². The van der Waals surface area contributed by atoms with Gasteiger partial charge >= 0.3 is 0 Å². The highest BCUT2D eigenvalue weighted by Gasteiger charge is 2.21. The van der Waals surface area contributed by atoms with E-state index in [-0.39, 0.29) is 23.9 Å². The lowest BCUT2D eigenvalue weighted by Gasteiger charge is -2.30. The summed E-state index contributed by atoms with van der Waals surface area (Å²) in [6.45, 7) is 4.95. The van der Waals surface area contributed by atoms with Crippen molar-refractivity contribution in [1.29, 1.82) is 0 Å². The molecule has 0 fully saturated rings. The van der Waals surface area contributed by atoms with Crippen molar-refractivity contribution in [3.8, 4) is 0 Å². The predicted octanol–water partition coefficient (Wildman–Crippen LogP) is 4.98. The van der Waals surface area contributed by atoms with Crippen molar-refractivity contribution in [2.24, 2.45) is 0 Å². The molecule has 1 aromatic heterocycles. The maximum atomic E-state index is 13.5. The zero-order chi connectivity index (χ0) is 21.1. The first-order chi connectivity index (χ1) is 14.6. The molecule has 0 unspecified atom stereocenters. The molecule has 1 amide bonds. The summed E-state index contributed by atoms with van der Waals surface area (Å²) in [5, 5.41) is 1.28. The number of hydrogen-bond donors (Lipinski definition) is 0. The van der Waals surface area contributed by atoms with Gasteiger partial charge in [0.2, 0.25) is 5.91 Å². The molecular formula is C26H26N2O2. The Labute approximate surface area is 176 Å². The minimum Gasteiger partial charge on any atom is -0.334 e. The SMILES string of the molecule is CC[C@@H](C)N(Cc1ccccc1)C(=O)Cn1c2ccccc2c(=O)c2ccccc21. The summed E-state index contributed by atoms with van der Waals surface area (Å²) in [6, 6.07) is 25.3. The molecule has 30 heavy (non-hydrogen) atoms. The molecule has 0 aliphatic carbocycles. The van der Waals surface area contributed by atoms with Gasteiger partial charge < -0.3 is 9.47 Å². The molecule has 0 saturated carbocycles. The molecule has 1 heterocycles. The van der Waals surface area contributed by atoms with E-state index in [0.29, 0.717) is 17.3 Å². The van der Waals surface area contributed by atoms with Crippen LogP contribution in [0.3, 0.4) is 0 Å². The molecule has 4 aromatic rings. The van der Waals surface area contributed by atoms with Gasteiger partial charge in [-0.05, 0) is 43.2 Å². The Kier molecular flexibility index (Phi) is 5.66. The van der Waals surface area contributed by atoms with Crippen molar-refractivity contribution in [3.63, 3.8) is 0 Å². The summed E-state index contributed by atoms with van der Waals surface area (Å²) in [5.41, 5.74) is 2.70. The standard InChI is InChI=1S/C26H26N2O2/c1-3-19(2)27(17-20-11-5-4-6-12-20)25(29)18-28-23-15-9-7-13-21(23)26(30)22-14-8-10-16-24(22)28/h4-16,19H,3,17-18H2,1-2H3/t19-/m1/s1. The number of carbonyl (C=O) groups excluding carboxylic acids is 1. The Morgan fingerprint density at radius 1 is 0.867 bits per heavy atom. The number of rotatable bonds is 6. The number of aromatic nitrogens is 1. The first kappa shape index (κ1) is 19.9. The molecule has 152 valence electrons. The molecule has 1 atom stereocenters. The third-order valence-corrected chi connectivity index (χ3v) is 5.81. The topological polar surface area (TPSA) is 42.3 Å². The van der Waals surface area contributed by atoms with Crippen molar-refractivity contribution < 1.29 is 4.79 Å². The molecule has 4 nitrogen and oxygen atoms in total. The number of benzene rings is 3. The first-order valence-electron chi connectivity index (χ1n) is 10.4. The van der Waals surface area contributed by atoms with Crippen LogP contribution < -0.4 is 5.43 Å². The third kappa shape index (κ3) is 3.73. The van der Waals surface area contributed by atoms with Gasteiger partial charge in [0.1, 0.15) is 6.54 Å². The first-order valence-corrected chi connectivity index (χ1v) is 10.4. The molecular weight excluding hydrogens is 372 g/mol. The molecule has 0 saturated heterocycles. The Hall–Kier alpha value is -3.40. The average molecular weight is 399 g/mol. The van der Waals surface area contributed by atoms with E-state index in [0.717, 1.165) is 23.0 Å². The molecule has 0 N–H and O–H groups in total. The third-order valence-electron chi connectivity index (χ3n) is 5.81. The van der Waals surface area contributed by atoms with Gasteiger partial charge in [0.25, 0.3) is 0 Å². The number of nitrogens with zero attached hydrogens (tertiary/aromatic N) is 2. The van der Waals surface area contributed by atoms with Crippen LogP contribution in [-0.4, -0.2) is 21.4 Å². The molecule has 0 spiro atoms. The van der Waals surface area contributed by atoms with E-state index >= 15 is 0 Å². The molecule has 0 aliphatic rings. The highest BCUT2D eigenvalue weighted by Crippen LogP contribution is 2.20. The van der Waals surface area contributed by atoms with E-state index in [1.165, 1.54) is 0 Å². The van der Waals surface area contributed by atoms with Crippen molar-refractivity contribution in [1.82, 2.24) is 9.47 Å². The maximum Gasteiger partial charge on any atom is 0.243 e. The average Bonchev–Trinajstić information content (AvgIpc) is 2.80. The molecule has 3 aromatic carbocycles. The highest BCUT2D eigenvalue weighted by atomic mass is 16.2. The lowest BCUT2D eigenvalue weighted by molar-refractivity contribution is -0.134. The van der Waals surface area contributed by atoms with Crippen LogP contribution in [0.15, 0.2) is 83.7 Å². The van der Waals surface area contributed by atoms with Crippen LogP contribution in [0.1, 0.15) is 25.8 Å². The molecule has 0 radical (unpaired) electrons. The van der Waals surface area contributed by atoms with Crippen LogP contribution in [0.5, 0.6) is 0 Å². The number of hydrogen-bond acceptors (Lipinski definition) is 2. The van der Waals surface area contributed by atoms with Crippen molar-refractivity contribution >= 4 is 27.7 Å². The second-order valence-electron chi connectivity index (χ2n) is 7.71. The van der Waals surface area contributed by atoms with Crippen LogP contribution >= 0.6 is 0 Å². The minimum absolute atomic E-state index is 0.00738. The molecule has 4 heteroatoms. The van der Waals surface area contributed by atoms with Crippen LogP contribution in [0.4, 0.5) is 0 Å². The van der Waals surface area contributed by atoms with E-state index in [1.807, 2.05) is 88.3 Å². The minimum atomic E-state index is 0.00738. The van der Waals surface area contributed by atoms with Gasteiger partial charge in [-0.2, -0.15) is 0 Å². The highest BCUT2D eigenvalue weighted by molar-refractivity contribution is 5.94. The Morgan fingerprint density at radius 2 is 1.40 bits per heavy atom. The molecule has 0 bridgehead atoms. The molecule has 4 rings (SSSR count). The van der Waals surface area contributed by atoms with Gasteiger partial charge in [0.05, 0.1) is 11.0 Å². The zero-order valence-electron chi connectivity index (χ0n) is 17.4. The quantitative estimate of drug-likeness (QED) is 0.430. The normalized spacial score (nSPS) is 12.2. The Morgan fingerprint density at radius 3 is 1.97 bits per heavy atom. The van der Waals surface area contributed by atoms with Crippen LogP contribution in [0, 0.1) is 0 Å². The van der Waals surface area contributed by atoms with E-state index in [4.69, 9.17) is 0 Å². The summed E-state index contributed by atoms with van der Waals surface area (Å²) in [4.78, 5) is 28.4. The lowest BCUT2D eigenvalue weighted by Crippen LogP contribution is -2.40. The lowest BCUT2D eigenvalue weighted by atomic mass is 10.1. The number of pyridine rings is 1.